The molecule has 0 aliphatic rings. The van der Waals surface area contributed by atoms with Gasteiger partial charge in [0, 0.05) is 19.5 Å². The van der Waals surface area contributed by atoms with Crippen LogP contribution in [0.4, 0.5) is 0 Å². The molecule has 0 unspecified atom stereocenters. The van der Waals surface area contributed by atoms with Gasteiger partial charge in [-0.1, -0.05) is 53.7 Å². The second-order valence-electron chi connectivity index (χ2n) is 6.87. The number of nitrogens with zero attached hydrogens (tertiary/aromatic N) is 1. The van der Waals surface area contributed by atoms with Crippen LogP contribution >= 0.6 is 24.8 Å². The molecular formula is C23H29Cl2N3O3. The Hall–Kier alpha value is -2.51. The highest BCUT2D eigenvalue weighted by molar-refractivity contribution is 5.86. The summed E-state index contributed by atoms with van der Waals surface area (Å²) in [6, 6.07) is 22.9. The van der Waals surface area contributed by atoms with Crippen LogP contribution in [0.25, 0.3) is 10.8 Å². The highest BCUT2D eigenvalue weighted by atomic mass is 35.5. The van der Waals surface area contributed by atoms with E-state index in [1.165, 1.54) is 5.56 Å². The number of rotatable bonds is 10. The van der Waals surface area contributed by atoms with E-state index in [1.54, 1.807) is 0 Å². The molecule has 0 saturated heterocycles. The van der Waals surface area contributed by atoms with E-state index in [0.29, 0.717) is 26.1 Å². The average molecular weight is 466 g/mol. The van der Waals surface area contributed by atoms with Crippen molar-refractivity contribution in [2.75, 3.05) is 13.2 Å². The monoisotopic (exact) mass is 465 g/mol. The minimum absolute atomic E-state index is 0. The molecular weight excluding hydrogens is 437 g/mol. The summed E-state index contributed by atoms with van der Waals surface area (Å²) in [7, 11) is 0. The topological polar surface area (TPSA) is 86.1 Å². The van der Waals surface area contributed by atoms with E-state index in [4.69, 9.17) is 15.2 Å². The number of hydroxylamine groups is 1. The SMILES string of the molecule is Cl.Cl.ON=C(CCNCc1ccc2cc(OCCCc3ccccc3)ccc2c1)NO. The third-order valence-corrected chi connectivity index (χ3v) is 4.71. The fraction of sp³-hybridized carbons (Fsp3) is 0.261. The molecule has 0 aliphatic heterocycles. The van der Waals surface area contributed by atoms with E-state index >= 15 is 0 Å². The van der Waals surface area contributed by atoms with Crippen LogP contribution in [0.15, 0.2) is 71.9 Å². The summed E-state index contributed by atoms with van der Waals surface area (Å²) in [6.45, 7) is 1.97. The summed E-state index contributed by atoms with van der Waals surface area (Å²) in [5.41, 5.74) is 4.35. The predicted molar refractivity (Wildman–Crippen MR) is 129 cm³/mol. The van der Waals surface area contributed by atoms with Gasteiger partial charge in [-0.05, 0) is 52.9 Å². The van der Waals surface area contributed by atoms with Gasteiger partial charge in [-0.3, -0.25) is 10.7 Å². The molecule has 6 nitrogen and oxygen atoms in total. The summed E-state index contributed by atoms with van der Waals surface area (Å²) in [4.78, 5) is 0. The van der Waals surface area contributed by atoms with Gasteiger partial charge in [0.2, 0.25) is 0 Å². The molecule has 31 heavy (non-hydrogen) atoms. The molecule has 8 heteroatoms. The van der Waals surface area contributed by atoms with Gasteiger partial charge in [-0.15, -0.1) is 24.8 Å². The van der Waals surface area contributed by atoms with Crippen LogP contribution in [0.1, 0.15) is 24.0 Å². The smallest absolute Gasteiger partial charge is 0.166 e. The van der Waals surface area contributed by atoms with E-state index in [0.717, 1.165) is 34.9 Å². The number of hydrogen-bond acceptors (Lipinski definition) is 5. The molecule has 0 heterocycles. The first kappa shape index (κ1) is 26.5. The number of amidine groups is 1. The molecule has 0 amide bonds. The Morgan fingerprint density at radius 1 is 0.903 bits per heavy atom. The third kappa shape index (κ3) is 8.63. The van der Waals surface area contributed by atoms with Crippen LogP contribution in [-0.2, 0) is 13.0 Å². The van der Waals surface area contributed by atoms with Crippen molar-refractivity contribution in [3.8, 4) is 5.75 Å². The van der Waals surface area contributed by atoms with Crippen molar-refractivity contribution in [2.24, 2.45) is 5.16 Å². The molecule has 0 radical (unpaired) electrons. The minimum Gasteiger partial charge on any atom is -0.494 e. The van der Waals surface area contributed by atoms with Gasteiger partial charge >= 0.3 is 0 Å². The Kier molecular flexibility index (Phi) is 12.4. The van der Waals surface area contributed by atoms with Crippen molar-refractivity contribution in [3.05, 3.63) is 77.9 Å². The molecule has 0 saturated carbocycles. The van der Waals surface area contributed by atoms with Crippen LogP contribution in [0.5, 0.6) is 5.75 Å². The summed E-state index contributed by atoms with van der Waals surface area (Å²) < 4.78 is 5.92. The van der Waals surface area contributed by atoms with Crippen LogP contribution in [0.3, 0.4) is 0 Å². The highest BCUT2D eigenvalue weighted by Gasteiger charge is 2.02. The van der Waals surface area contributed by atoms with E-state index in [-0.39, 0.29) is 30.6 Å². The number of oxime groups is 1. The lowest BCUT2D eigenvalue weighted by Crippen LogP contribution is -2.25. The molecule has 0 fully saturated rings. The number of hydrogen-bond donors (Lipinski definition) is 4. The maximum atomic E-state index is 8.72. The molecule has 0 aliphatic carbocycles. The van der Waals surface area contributed by atoms with Crippen molar-refractivity contribution < 1.29 is 15.2 Å². The molecule has 0 spiro atoms. The first-order valence-corrected chi connectivity index (χ1v) is 9.79. The summed E-state index contributed by atoms with van der Waals surface area (Å²) >= 11 is 0. The van der Waals surface area contributed by atoms with E-state index in [9.17, 15) is 0 Å². The van der Waals surface area contributed by atoms with Gasteiger partial charge in [0.1, 0.15) is 5.75 Å². The maximum Gasteiger partial charge on any atom is 0.166 e. The zero-order valence-corrected chi connectivity index (χ0v) is 18.8. The molecule has 168 valence electrons. The number of fused-ring (bicyclic) bond motifs is 1. The quantitative estimate of drug-likeness (QED) is 0.112. The lowest BCUT2D eigenvalue weighted by Gasteiger charge is -2.09. The Morgan fingerprint density at radius 2 is 1.65 bits per heavy atom. The fourth-order valence-electron chi connectivity index (χ4n) is 3.15. The van der Waals surface area contributed by atoms with Crippen LogP contribution in [-0.4, -0.2) is 29.4 Å². The van der Waals surface area contributed by atoms with Crippen molar-refractivity contribution in [3.63, 3.8) is 0 Å². The number of ether oxygens (including phenoxy) is 1. The number of aryl methyl sites for hydroxylation is 1. The Bertz CT molecular complexity index is 940. The number of benzene rings is 3. The summed E-state index contributed by atoms with van der Waals surface area (Å²) in [6.07, 6.45) is 2.41. The van der Waals surface area contributed by atoms with Gasteiger partial charge in [-0.25, -0.2) is 0 Å². The molecule has 4 N–H and O–H groups in total. The molecule has 0 aromatic heterocycles. The average Bonchev–Trinajstić information content (AvgIpc) is 2.77. The van der Waals surface area contributed by atoms with Crippen molar-refractivity contribution >= 4 is 41.4 Å². The number of halogens is 2. The Labute approximate surface area is 195 Å². The second-order valence-corrected chi connectivity index (χ2v) is 6.87. The first-order valence-electron chi connectivity index (χ1n) is 9.79. The highest BCUT2D eigenvalue weighted by Crippen LogP contribution is 2.22. The lowest BCUT2D eigenvalue weighted by atomic mass is 10.1. The first-order chi connectivity index (χ1) is 14.3. The van der Waals surface area contributed by atoms with Gasteiger partial charge in [-0.2, -0.15) is 0 Å². The van der Waals surface area contributed by atoms with Crippen molar-refractivity contribution in [1.82, 2.24) is 10.8 Å². The second kappa shape index (κ2) is 14.5. The van der Waals surface area contributed by atoms with E-state index < -0.39 is 0 Å². The molecule has 3 rings (SSSR count). The maximum absolute atomic E-state index is 8.72. The van der Waals surface area contributed by atoms with Gasteiger partial charge < -0.3 is 15.3 Å². The molecule has 0 bridgehead atoms. The third-order valence-electron chi connectivity index (χ3n) is 4.71. The summed E-state index contributed by atoms with van der Waals surface area (Å²) in [5.74, 6) is 1.02. The largest absolute Gasteiger partial charge is 0.494 e. The van der Waals surface area contributed by atoms with Crippen LogP contribution < -0.4 is 15.5 Å². The van der Waals surface area contributed by atoms with Crippen molar-refractivity contribution in [2.45, 2.75) is 25.8 Å². The van der Waals surface area contributed by atoms with Gasteiger partial charge in [0.25, 0.3) is 0 Å². The van der Waals surface area contributed by atoms with Gasteiger partial charge in [0.05, 0.1) is 6.61 Å². The zero-order valence-electron chi connectivity index (χ0n) is 17.2. The zero-order chi connectivity index (χ0) is 20.3. The predicted octanol–water partition coefficient (Wildman–Crippen LogP) is 4.94. The normalized spacial score (nSPS) is 10.8. The fourth-order valence-corrected chi connectivity index (χ4v) is 3.15. The standard InChI is InChI=1S/C23H27N3O3.2ClH/c27-25-23(26-28)12-13-24-17-19-8-9-21-16-22(11-10-20(21)15-19)29-14-4-7-18-5-2-1-3-6-18;;/h1-3,5-6,8-11,15-16,24,27-28H,4,7,12-14,17H2,(H,25,26);2*1H. The lowest BCUT2D eigenvalue weighted by molar-refractivity contribution is 0.219. The number of nitrogens with one attached hydrogen (secondary N) is 2. The Morgan fingerprint density at radius 3 is 2.39 bits per heavy atom. The van der Waals surface area contributed by atoms with Crippen LogP contribution in [0.2, 0.25) is 0 Å². The summed E-state index contributed by atoms with van der Waals surface area (Å²) in [5, 5.41) is 25.9. The van der Waals surface area contributed by atoms with Gasteiger partial charge in [0.15, 0.2) is 5.84 Å². The van der Waals surface area contributed by atoms with Crippen LogP contribution in [0, 0.1) is 0 Å². The van der Waals surface area contributed by atoms with E-state index in [2.05, 4.69) is 65.1 Å². The molecule has 0 atom stereocenters. The van der Waals surface area contributed by atoms with E-state index in [1.807, 2.05) is 17.6 Å². The van der Waals surface area contributed by atoms with Crippen molar-refractivity contribution in [1.29, 1.82) is 0 Å². The Balaban J connectivity index is 0.00000240. The minimum atomic E-state index is 0. The molecule has 3 aromatic rings. The molecule has 3 aromatic carbocycles.